The number of ether oxygens (including phenoxy) is 2. The van der Waals surface area contributed by atoms with E-state index in [1.165, 1.54) is 0 Å². The molecule has 0 bridgehead atoms. The molecule has 19 heavy (non-hydrogen) atoms. The first-order valence-electron chi connectivity index (χ1n) is 5.28. The maximum absolute atomic E-state index is 13.4. The molecule has 0 spiro atoms. The highest BCUT2D eigenvalue weighted by Gasteiger charge is 2.16. The number of hydrogen-bond acceptors (Lipinski definition) is 4. The minimum atomic E-state index is -0.811. The summed E-state index contributed by atoms with van der Waals surface area (Å²) < 4.78 is 35.3. The maximum atomic E-state index is 13.4. The van der Waals surface area contributed by atoms with Crippen molar-refractivity contribution in [1.29, 1.82) is 0 Å². The Balaban J connectivity index is 3.15. The van der Waals surface area contributed by atoms with Crippen LogP contribution >= 0.6 is 0 Å². The van der Waals surface area contributed by atoms with Crippen LogP contribution in [0.3, 0.4) is 0 Å². The molecular formula is C13H12F2O4. The van der Waals surface area contributed by atoms with Crippen LogP contribution in [0.5, 0.6) is 0 Å². The molecule has 1 aromatic rings. The van der Waals surface area contributed by atoms with Gasteiger partial charge in [-0.25, -0.2) is 13.6 Å². The zero-order chi connectivity index (χ0) is 14.4. The van der Waals surface area contributed by atoms with Gasteiger partial charge in [0.1, 0.15) is 11.6 Å². The quantitative estimate of drug-likeness (QED) is 0.621. The van der Waals surface area contributed by atoms with Crippen LogP contribution in [0.2, 0.25) is 0 Å². The first kappa shape index (κ1) is 14.8. The minimum absolute atomic E-state index is 0.126. The number of benzene rings is 1. The predicted molar refractivity (Wildman–Crippen MR) is 63.0 cm³/mol. The lowest BCUT2D eigenvalue weighted by atomic mass is 10.1. The third-order valence-corrected chi connectivity index (χ3v) is 2.30. The summed E-state index contributed by atoms with van der Waals surface area (Å²) in [5, 5.41) is 0. The van der Waals surface area contributed by atoms with Crippen LogP contribution in [0.1, 0.15) is 12.0 Å². The zero-order valence-electron chi connectivity index (χ0n) is 10.4. The van der Waals surface area contributed by atoms with Crippen molar-refractivity contribution in [2.45, 2.75) is 6.42 Å². The highest BCUT2D eigenvalue weighted by Crippen LogP contribution is 2.16. The van der Waals surface area contributed by atoms with Crippen molar-refractivity contribution in [3.63, 3.8) is 0 Å². The van der Waals surface area contributed by atoms with Crippen LogP contribution < -0.4 is 0 Å². The summed E-state index contributed by atoms with van der Waals surface area (Å²) in [6, 6.07) is 2.79. The third kappa shape index (κ3) is 4.17. The molecule has 0 fully saturated rings. The van der Waals surface area contributed by atoms with Crippen LogP contribution in [-0.4, -0.2) is 26.2 Å². The largest absolute Gasteiger partial charge is 0.469 e. The summed E-state index contributed by atoms with van der Waals surface area (Å²) in [7, 11) is 2.27. The fourth-order valence-electron chi connectivity index (χ4n) is 1.35. The topological polar surface area (TPSA) is 52.6 Å². The van der Waals surface area contributed by atoms with Gasteiger partial charge in [-0.1, -0.05) is 0 Å². The smallest absolute Gasteiger partial charge is 0.334 e. The molecule has 1 rings (SSSR count). The van der Waals surface area contributed by atoms with Gasteiger partial charge >= 0.3 is 11.9 Å². The lowest BCUT2D eigenvalue weighted by Gasteiger charge is -2.05. The summed E-state index contributed by atoms with van der Waals surface area (Å²) in [5.74, 6) is -2.87. The first-order valence-corrected chi connectivity index (χ1v) is 5.28. The van der Waals surface area contributed by atoms with E-state index >= 15 is 0 Å². The zero-order valence-corrected chi connectivity index (χ0v) is 10.4. The second-order valence-electron chi connectivity index (χ2n) is 3.58. The van der Waals surface area contributed by atoms with Crippen molar-refractivity contribution in [2.24, 2.45) is 0 Å². The SMILES string of the molecule is COC(=O)C/C(=C\c1cc(F)ccc1F)C(=O)OC. The Morgan fingerprint density at radius 1 is 1.21 bits per heavy atom. The number of carbonyl (C=O) groups excluding carboxylic acids is 2. The van der Waals surface area contributed by atoms with Gasteiger partial charge in [0.25, 0.3) is 0 Å². The van der Waals surface area contributed by atoms with E-state index in [2.05, 4.69) is 9.47 Å². The lowest BCUT2D eigenvalue weighted by molar-refractivity contribution is -0.143. The molecule has 0 radical (unpaired) electrons. The highest BCUT2D eigenvalue weighted by atomic mass is 19.1. The molecule has 0 aromatic heterocycles. The summed E-state index contributed by atoms with van der Waals surface area (Å²) in [4.78, 5) is 22.6. The van der Waals surface area contributed by atoms with Crippen molar-refractivity contribution in [2.75, 3.05) is 14.2 Å². The third-order valence-electron chi connectivity index (χ3n) is 2.30. The van der Waals surface area contributed by atoms with Crippen LogP contribution in [0.15, 0.2) is 23.8 Å². The molecule has 102 valence electrons. The van der Waals surface area contributed by atoms with Crippen LogP contribution in [0.4, 0.5) is 8.78 Å². The molecule has 0 saturated carbocycles. The van der Waals surface area contributed by atoms with Gasteiger partial charge in [-0.15, -0.1) is 0 Å². The highest BCUT2D eigenvalue weighted by molar-refractivity contribution is 5.98. The number of rotatable bonds is 4. The fourth-order valence-corrected chi connectivity index (χ4v) is 1.35. The van der Waals surface area contributed by atoms with E-state index in [1.807, 2.05) is 0 Å². The number of carbonyl (C=O) groups is 2. The van der Waals surface area contributed by atoms with Crippen molar-refractivity contribution in [3.05, 3.63) is 41.0 Å². The lowest BCUT2D eigenvalue weighted by Crippen LogP contribution is -2.11. The van der Waals surface area contributed by atoms with E-state index in [4.69, 9.17) is 0 Å². The van der Waals surface area contributed by atoms with Gasteiger partial charge < -0.3 is 9.47 Å². The number of hydrogen-bond donors (Lipinski definition) is 0. The van der Waals surface area contributed by atoms with Gasteiger partial charge in [0.2, 0.25) is 0 Å². The second-order valence-corrected chi connectivity index (χ2v) is 3.58. The molecule has 0 amide bonds. The summed E-state index contributed by atoms with van der Waals surface area (Å²) >= 11 is 0. The normalized spacial score (nSPS) is 11.1. The minimum Gasteiger partial charge on any atom is -0.469 e. The Morgan fingerprint density at radius 3 is 2.47 bits per heavy atom. The second kappa shape index (κ2) is 6.63. The Kier molecular flexibility index (Phi) is 5.17. The van der Waals surface area contributed by atoms with Crippen molar-refractivity contribution in [3.8, 4) is 0 Å². The molecule has 4 nitrogen and oxygen atoms in total. The van der Waals surface area contributed by atoms with E-state index < -0.39 is 23.6 Å². The number of esters is 2. The summed E-state index contributed by atoms with van der Waals surface area (Å²) in [5.41, 5.74) is -0.275. The van der Waals surface area contributed by atoms with Crippen molar-refractivity contribution >= 4 is 18.0 Å². The molecule has 1 aromatic carbocycles. The molecule has 0 aliphatic rings. The van der Waals surface area contributed by atoms with E-state index in [-0.39, 0.29) is 17.6 Å². The number of methoxy groups -OCH3 is 2. The average molecular weight is 270 g/mol. The monoisotopic (exact) mass is 270 g/mol. The Hall–Kier alpha value is -2.24. The molecular weight excluding hydrogens is 258 g/mol. The van der Waals surface area contributed by atoms with Crippen molar-refractivity contribution < 1.29 is 27.8 Å². The van der Waals surface area contributed by atoms with Gasteiger partial charge in [-0.2, -0.15) is 0 Å². The van der Waals surface area contributed by atoms with E-state index in [9.17, 15) is 18.4 Å². The van der Waals surface area contributed by atoms with Crippen LogP contribution in [0, 0.1) is 11.6 Å². The van der Waals surface area contributed by atoms with E-state index in [0.29, 0.717) is 0 Å². The average Bonchev–Trinajstić information content (AvgIpc) is 2.40. The predicted octanol–water partition coefficient (Wildman–Crippen LogP) is 2.08. The Morgan fingerprint density at radius 2 is 1.89 bits per heavy atom. The summed E-state index contributed by atoms with van der Waals surface area (Å²) in [6.45, 7) is 0. The van der Waals surface area contributed by atoms with Gasteiger partial charge in [0.15, 0.2) is 0 Å². The van der Waals surface area contributed by atoms with Gasteiger partial charge in [-0.3, -0.25) is 4.79 Å². The summed E-state index contributed by atoms with van der Waals surface area (Å²) in [6.07, 6.45) is 0.667. The molecule has 0 atom stereocenters. The Bertz CT molecular complexity index is 523. The van der Waals surface area contributed by atoms with E-state index in [0.717, 1.165) is 38.5 Å². The molecule has 0 saturated heterocycles. The van der Waals surface area contributed by atoms with E-state index in [1.54, 1.807) is 0 Å². The van der Waals surface area contributed by atoms with Gasteiger partial charge in [0.05, 0.1) is 20.6 Å². The molecule has 0 N–H and O–H groups in total. The van der Waals surface area contributed by atoms with Crippen molar-refractivity contribution in [1.82, 2.24) is 0 Å². The Labute approximate surface area is 108 Å². The fraction of sp³-hybridized carbons (Fsp3) is 0.231. The molecule has 0 aliphatic heterocycles. The molecule has 0 aliphatic carbocycles. The standard InChI is InChI=1S/C13H12F2O4/c1-18-12(16)7-9(13(17)19-2)5-8-6-10(14)3-4-11(8)15/h3-6H,7H2,1-2H3/b9-5+. The van der Waals surface area contributed by atoms with Gasteiger partial charge in [0, 0.05) is 11.1 Å². The first-order chi connectivity index (χ1) is 8.97. The maximum Gasteiger partial charge on any atom is 0.334 e. The molecule has 6 heteroatoms. The van der Waals surface area contributed by atoms with Crippen LogP contribution in [-0.2, 0) is 19.1 Å². The van der Waals surface area contributed by atoms with Gasteiger partial charge in [-0.05, 0) is 24.3 Å². The molecule has 0 heterocycles. The number of halogens is 2. The van der Waals surface area contributed by atoms with Crippen LogP contribution in [0.25, 0.3) is 6.08 Å². The molecule has 0 unspecified atom stereocenters.